The molecule has 0 aliphatic heterocycles. The molecule has 114 valence electrons. The van der Waals surface area contributed by atoms with Crippen LogP contribution in [0, 0.1) is 5.41 Å². The first-order valence-corrected chi connectivity index (χ1v) is 6.66. The molecule has 0 radical (unpaired) electrons. The topological polar surface area (TPSA) is 65.5 Å². The van der Waals surface area contributed by atoms with E-state index in [-0.39, 0.29) is 29.9 Å². The van der Waals surface area contributed by atoms with E-state index in [4.69, 9.17) is 0 Å². The number of carbonyl (C=O) groups excluding carboxylic acids is 1. The van der Waals surface area contributed by atoms with Crippen molar-refractivity contribution in [2.24, 2.45) is 10.4 Å². The summed E-state index contributed by atoms with van der Waals surface area (Å²) >= 11 is 0. The van der Waals surface area contributed by atoms with Crippen molar-refractivity contribution in [3.63, 3.8) is 0 Å². The van der Waals surface area contributed by atoms with E-state index in [1.807, 2.05) is 27.7 Å². The fourth-order valence-electron chi connectivity index (χ4n) is 1.34. The minimum Gasteiger partial charge on any atom is -0.357 e. The van der Waals surface area contributed by atoms with Crippen molar-refractivity contribution in [3.05, 3.63) is 0 Å². The van der Waals surface area contributed by atoms with Gasteiger partial charge in [0.1, 0.15) is 0 Å². The fourth-order valence-corrected chi connectivity index (χ4v) is 1.34. The Morgan fingerprint density at radius 3 is 2.11 bits per heavy atom. The molecule has 1 amide bonds. The molecule has 0 saturated carbocycles. The number of nitrogens with zero attached hydrogens (tertiary/aromatic N) is 1. The molecule has 5 nitrogen and oxygen atoms in total. The van der Waals surface area contributed by atoms with Crippen LogP contribution in [0.1, 0.15) is 41.5 Å². The zero-order valence-corrected chi connectivity index (χ0v) is 15.3. The van der Waals surface area contributed by atoms with Crippen molar-refractivity contribution in [2.75, 3.05) is 19.6 Å². The summed E-state index contributed by atoms with van der Waals surface area (Å²) in [4.78, 5) is 16.3. The number of aliphatic imine (C=N–C) groups is 1. The maximum atomic E-state index is 11.8. The third-order valence-corrected chi connectivity index (χ3v) is 2.35. The molecule has 0 aromatic heterocycles. The highest BCUT2D eigenvalue weighted by Crippen LogP contribution is 2.15. The molecular formula is C13H29IN4O. The molecule has 0 aliphatic rings. The summed E-state index contributed by atoms with van der Waals surface area (Å²) < 4.78 is 0. The second kappa shape index (κ2) is 10.3. The molecule has 0 spiro atoms. The lowest BCUT2D eigenvalue weighted by atomic mass is 9.92. The second-order valence-electron chi connectivity index (χ2n) is 5.24. The first kappa shape index (κ1) is 20.8. The van der Waals surface area contributed by atoms with Gasteiger partial charge in [-0.3, -0.25) is 9.79 Å². The van der Waals surface area contributed by atoms with Gasteiger partial charge in [0, 0.05) is 19.1 Å². The number of rotatable bonds is 6. The van der Waals surface area contributed by atoms with Crippen LogP contribution in [0.5, 0.6) is 0 Å². The Kier molecular flexibility index (Phi) is 11.2. The van der Waals surface area contributed by atoms with E-state index in [9.17, 15) is 4.79 Å². The van der Waals surface area contributed by atoms with Crippen LogP contribution in [0.3, 0.4) is 0 Å². The Labute approximate surface area is 134 Å². The van der Waals surface area contributed by atoms with E-state index in [2.05, 4.69) is 34.8 Å². The molecule has 0 rings (SSSR count). The molecular weight excluding hydrogens is 355 g/mol. The van der Waals surface area contributed by atoms with E-state index in [0.717, 1.165) is 12.5 Å². The smallest absolute Gasteiger partial charge is 0.227 e. The third kappa shape index (κ3) is 9.07. The lowest BCUT2D eigenvalue weighted by Gasteiger charge is -2.22. The van der Waals surface area contributed by atoms with Crippen molar-refractivity contribution in [1.29, 1.82) is 0 Å². The summed E-state index contributed by atoms with van der Waals surface area (Å²) in [6.07, 6.45) is 0. The first-order valence-electron chi connectivity index (χ1n) is 6.66. The van der Waals surface area contributed by atoms with Crippen LogP contribution in [0.15, 0.2) is 4.99 Å². The van der Waals surface area contributed by atoms with E-state index in [1.54, 1.807) is 0 Å². The number of amides is 1. The van der Waals surface area contributed by atoms with Crippen molar-refractivity contribution in [3.8, 4) is 0 Å². The summed E-state index contributed by atoms with van der Waals surface area (Å²) in [5.74, 6) is 0.791. The van der Waals surface area contributed by atoms with Crippen LogP contribution >= 0.6 is 24.0 Å². The third-order valence-electron chi connectivity index (χ3n) is 2.35. The molecule has 0 aromatic rings. The molecule has 0 heterocycles. The van der Waals surface area contributed by atoms with Crippen molar-refractivity contribution >= 4 is 35.8 Å². The Morgan fingerprint density at radius 1 is 1.16 bits per heavy atom. The van der Waals surface area contributed by atoms with Gasteiger partial charge in [-0.1, -0.05) is 0 Å². The standard InChI is InChI=1S/C13H28N4O.HI/c1-7-14-11(18)13(5,6)9-16-12(15-8-2)17-10(3)4;/h10H,7-9H2,1-6H3,(H,14,18)(H2,15,16,17);1H. The highest BCUT2D eigenvalue weighted by atomic mass is 127. The average molecular weight is 384 g/mol. The summed E-state index contributed by atoms with van der Waals surface area (Å²) in [6, 6.07) is 0.315. The number of hydrogen-bond acceptors (Lipinski definition) is 2. The number of halogens is 1. The zero-order valence-electron chi connectivity index (χ0n) is 13.0. The zero-order chi connectivity index (χ0) is 14.2. The maximum absolute atomic E-state index is 11.8. The molecule has 0 aliphatic carbocycles. The minimum absolute atomic E-state index is 0. The van der Waals surface area contributed by atoms with Gasteiger partial charge in [-0.15, -0.1) is 24.0 Å². The summed E-state index contributed by atoms with van der Waals surface area (Å²) in [6.45, 7) is 13.8. The van der Waals surface area contributed by atoms with Gasteiger partial charge in [0.25, 0.3) is 0 Å². The Hall–Kier alpha value is -0.530. The van der Waals surface area contributed by atoms with E-state index >= 15 is 0 Å². The predicted octanol–water partition coefficient (Wildman–Crippen LogP) is 1.73. The van der Waals surface area contributed by atoms with Gasteiger partial charge in [-0.25, -0.2) is 0 Å². The van der Waals surface area contributed by atoms with Crippen molar-refractivity contribution < 1.29 is 4.79 Å². The average Bonchev–Trinajstić information content (AvgIpc) is 2.26. The first-order chi connectivity index (χ1) is 8.33. The largest absolute Gasteiger partial charge is 0.357 e. The molecule has 3 N–H and O–H groups in total. The lowest BCUT2D eigenvalue weighted by molar-refractivity contribution is -0.128. The number of guanidine groups is 1. The van der Waals surface area contributed by atoms with E-state index in [1.165, 1.54) is 0 Å². The normalized spacial score (nSPS) is 11.8. The number of hydrogen-bond donors (Lipinski definition) is 3. The molecule has 0 saturated heterocycles. The lowest BCUT2D eigenvalue weighted by Crippen LogP contribution is -2.43. The van der Waals surface area contributed by atoms with Crippen LogP contribution in [0.4, 0.5) is 0 Å². The highest BCUT2D eigenvalue weighted by molar-refractivity contribution is 14.0. The molecule has 6 heteroatoms. The molecule has 0 atom stereocenters. The Balaban J connectivity index is 0. The van der Waals surface area contributed by atoms with E-state index < -0.39 is 5.41 Å². The number of nitrogens with one attached hydrogen (secondary N) is 3. The van der Waals surface area contributed by atoms with Gasteiger partial charge >= 0.3 is 0 Å². The highest BCUT2D eigenvalue weighted by Gasteiger charge is 2.26. The Morgan fingerprint density at radius 2 is 1.68 bits per heavy atom. The fraction of sp³-hybridized carbons (Fsp3) is 0.846. The van der Waals surface area contributed by atoms with E-state index in [0.29, 0.717) is 19.1 Å². The van der Waals surface area contributed by atoms with Gasteiger partial charge in [-0.2, -0.15) is 0 Å². The van der Waals surface area contributed by atoms with Crippen LogP contribution in [0.25, 0.3) is 0 Å². The quantitative estimate of drug-likeness (QED) is 0.371. The van der Waals surface area contributed by atoms with Crippen LogP contribution in [-0.2, 0) is 4.79 Å². The van der Waals surface area contributed by atoms with Gasteiger partial charge < -0.3 is 16.0 Å². The Bertz CT molecular complexity index is 290. The molecule has 19 heavy (non-hydrogen) atoms. The monoisotopic (exact) mass is 384 g/mol. The van der Waals surface area contributed by atoms with Gasteiger partial charge in [0.15, 0.2) is 5.96 Å². The van der Waals surface area contributed by atoms with Crippen LogP contribution in [0.2, 0.25) is 0 Å². The van der Waals surface area contributed by atoms with Crippen molar-refractivity contribution in [2.45, 2.75) is 47.6 Å². The summed E-state index contributed by atoms with van der Waals surface area (Å²) in [5, 5.41) is 9.23. The van der Waals surface area contributed by atoms with Crippen LogP contribution in [-0.4, -0.2) is 37.5 Å². The molecule has 0 fully saturated rings. The van der Waals surface area contributed by atoms with Gasteiger partial charge in [0.05, 0.1) is 12.0 Å². The maximum Gasteiger partial charge on any atom is 0.227 e. The second-order valence-corrected chi connectivity index (χ2v) is 5.24. The molecule has 0 bridgehead atoms. The SMILES string of the molecule is CCNC(=O)C(C)(C)CN=C(NCC)NC(C)C.I. The van der Waals surface area contributed by atoms with Gasteiger partial charge in [0.2, 0.25) is 5.91 Å². The summed E-state index contributed by atoms with van der Waals surface area (Å²) in [7, 11) is 0. The number of carbonyl (C=O) groups is 1. The predicted molar refractivity (Wildman–Crippen MR) is 92.1 cm³/mol. The van der Waals surface area contributed by atoms with Crippen LogP contribution < -0.4 is 16.0 Å². The van der Waals surface area contributed by atoms with Crippen molar-refractivity contribution in [1.82, 2.24) is 16.0 Å². The molecule has 0 unspecified atom stereocenters. The minimum atomic E-state index is -0.491. The molecule has 0 aromatic carbocycles. The van der Waals surface area contributed by atoms with Gasteiger partial charge in [-0.05, 0) is 41.5 Å². The summed E-state index contributed by atoms with van der Waals surface area (Å²) in [5.41, 5.74) is -0.491.